The number of likely N-dealkylation sites (N-methyl/N-ethyl adjacent to an activating group) is 1. The van der Waals surface area contributed by atoms with E-state index in [1.807, 2.05) is 0 Å². The molecule has 0 radical (unpaired) electrons. The minimum atomic E-state index is -4.61. The quantitative estimate of drug-likeness (QED) is 0.526. The number of alkyl halides is 3. The van der Waals surface area contributed by atoms with E-state index in [-0.39, 0.29) is 24.2 Å². The van der Waals surface area contributed by atoms with Gasteiger partial charge in [0.1, 0.15) is 0 Å². The van der Waals surface area contributed by atoms with E-state index in [1.54, 1.807) is 31.4 Å². The number of halogens is 3. The number of allylic oxidation sites excluding steroid dienone is 1. The first-order valence-electron chi connectivity index (χ1n) is 11.3. The van der Waals surface area contributed by atoms with Crippen LogP contribution in [-0.4, -0.2) is 43.7 Å². The molecule has 1 atom stereocenters. The first kappa shape index (κ1) is 25.5. The molecule has 1 unspecified atom stereocenters. The van der Waals surface area contributed by atoms with Crippen LogP contribution < -0.4 is 15.5 Å². The summed E-state index contributed by atoms with van der Waals surface area (Å²) in [5, 5.41) is 22.9. The van der Waals surface area contributed by atoms with Crippen LogP contribution in [0.4, 0.5) is 23.7 Å². The monoisotopic (exact) mass is 508 g/mol. The van der Waals surface area contributed by atoms with Crippen molar-refractivity contribution in [1.82, 2.24) is 15.5 Å². The van der Waals surface area contributed by atoms with Crippen LogP contribution >= 0.6 is 0 Å². The molecule has 2 aromatic carbocycles. The molecule has 0 saturated carbocycles. The van der Waals surface area contributed by atoms with Crippen LogP contribution in [0.5, 0.6) is 0 Å². The van der Waals surface area contributed by atoms with Crippen molar-refractivity contribution < 1.29 is 22.8 Å². The maximum Gasteiger partial charge on any atom is 0.416 e. The summed E-state index contributed by atoms with van der Waals surface area (Å²) in [5.74, 6) is -0.452. The molecule has 4 rings (SSSR count). The van der Waals surface area contributed by atoms with E-state index in [2.05, 4.69) is 16.7 Å². The number of nitrogens with zero attached hydrogens (tertiary/aromatic N) is 3. The summed E-state index contributed by atoms with van der Waals surface area (Å²) < 4.78 is 40.3. The van der Waals surface area contributed by atoms with E-state index in [9.17, 15) is 28.0 Å². The summed E-state index contributed by atoms with van der Waals surface area (Å²) >= 11 is 0. The molecule has 2 aliphatic heterocycles. The Morgan fingerprint density at radius 2 is 2.00 bits per heavy atom. The van der Waals surface area contributed by atoms with Crippen LogP contribution in [0.3, 0.4) is 0 Å². The smallest absolute Gasteiger partial charge is 0.393 e. The van der Waals surface area contributed by atoms with E-state index >= 15 is 0 Å². The first-order chi connectivity index (χ1) is 17.6. The number of urea groups is 1. The van der Waals surface area contributed by atoms with Gasteiger partial charge in [-0.25, -0.2) is 4.79 Å². The van der Waals surface area contributed by atoms with Gasteiger partial charge < -0.3 is 20.9 Å². The molecule has 3 N–H and O–H groups in total. The Labute approximate surface area is 211 Å². The van der Waals surface area contributed by atoms with Gasteiger partial charge >= 0.3 is 12.2 Å². The van der Waals surface area contributed by atoms with Gasteiger partial charge in [-0.15, -0.1) is 0 Å². The lowest BCUT2D eigenvalue weighted by molar-refractivity contribution is -0.137. The molecule has 2 aliphatic rings. The zero-order valence-electron chi connectivity index (χ0n) is 20.0. The Kier molecular flexibility index (Phi) is 6.76. The van der Waals surface area contributed by atoms with Gasteiger partial charge in [0.05, 0.1) is 34.5 Å². The number of amides is 3. The third-order valence-electron chi connectivity index (χ3n) is 6.30. The molecule has 0 spiro atoms. The first-order valence-corrected chi connectivity index (χ1v) is 11.3. The maximum absolute atomic E-state index is 13.7. The predicted molar refractivity (Wildman–Crippen MR) is 131 cm³/mol. The number of hydrogen-bond acceptors (Lipinski definition) is 5. The lowest BCUT2D eigenvalue weighted by atomic mass is 9.85. The number of carbonyl (C=O) groups excluding carboxylic acids is 2. The number of carbonyl (C=O) groups is 2. The highest BCUT2D eigenvalue weighted by atomic mass is 19.4. The number of hydrogen-bond donors (Lipinski definition) is 3. The molecule has 37 heavy (non-hydrogen) atoms. The molecule has 0 aromatic heterocycles. The SMILES string of the molecule is CN/C=C(\C=N)c1cc(C#N)ccc1C1C2=C(CCNC2=O)N(c2cccc(C(F)(F)F)c2)C(=O)N1C. The Morgan fingerprint density at radius 1 is 1.24 bits per heavy atom. The summed E-state index contributed by atoms with van der Waals surface area (Å²) in [7, 11) is 3.11. The number of anilines is 1. The summed E-state index contributed by atoms with van der Waals surface area (Å²) in [4.78, 5) is 29.4. The number of rotatable bonds is 5. The van der Waals surface area contributed by atoms with E-state index in [0.29, 0.717) is 28.0 Å². The van der Waals surface area contributed by atoms with Crippen molar-refractivity contribution in [2.75, 3.05) is 25.5 Å². The van der Waals surface area contributed by atoms with Gasteiger partial charge in [-0.1, -0.05) is 12.1 Å². The molecule has 190 valence electrons. The molecule has 11 heteroatoms. The van der Waals surface area contributed by atoms with Gasteiger partial charge in [0.2, 0.25) is 0 Å². The van der Waals surface area contributed by atoms with Crippen molar-refractivity contribution in [2.45, 2.75) is 18.6 Å². The predicted octanol–water partition coefficient (Wildman–Crippen LogP) is 4.17. The highest BCUT2D eigenvalue weighted by Gasteiger charge is 2.44. The molecule has 0 saturated heterocycles. The average Bonchev–Trinajstić information content (AvgIpc) is 2.88. The standard InChI is InChI=1S/C26H23F3N6O2/c1-32-14-16(13-31)20-10-15(12-30)6-7-19(20)23-22-21(8-9-33-24(22)36)35(25(37)34(23)2)18-5-3-4-17(11-18)26(27,28)29/h3-7,10-11,13-14,23,31-32H,8-9H2,1-2H3,(H,33,36)/b16-14+,31-13?. The van der Waals surface area contributed by atoms with Gasteiger partial charge in [0.25, 0.3) is 5.91 Å². The topological polar surface area (TPSA) is 112 Å². The van der Waals surface area contributed by atoms with Crippen LogP contribution in [0.1, 0.15) is 34.7 Å². The van der Waals surface area contributed by atoms with Gasteiger partial charge in [0, 0.05) is 50.7 Å². The lowest BCUT2D eigenvalue weighted by Crippen LogP contribution is -2.53. The van der Waals surface area contributed by atoms with E-state index in [4.69, 9.17) is 5.41 Å². The van der Waals surface area contributed by atoms with Gasteiger partial charge in [-0.2, -0.15) is 18.4 Å². The second-order valence-corrected chi connectivity index (χ2v) is 8.49. The highest BCUT2D eigenvalue weighted by molar-refractivity contribution is 6.10. The van der Waals surface area contributed by atoms with Crippen molar-refractivity contribution in [2.24, 2.45) is 0 Å². The summed E-state index contributed by atoms with van der Waals surface area (Å²) in [5.41, 5.74) is 1.30. The Morgan fingerprint density at radius 3 is 2.65 bits per heavy atom. The molecular formula is C26H23F3N6O2. The van der Waals surface area contributed by atoms with Gasteiger partial charge in [-0.3, -0.25) is 9.69 Å². The third-order valence-corrected chi connectivity index (χ3v) is 6.30. The fourth-order valence-electron chi connectivity index (χ4n) is 4.67. The Hall–Kier alpha value is -4.59. The van der Waals surface area contributed by atoms with Gasteiger partial charge in [-0.05, 0) is 41.5 Å². The Bertz CT molecular complexity index is 1390. The highest BCUT2D eigenvalue weighted by Crippen LogP contribution is 2.43. The molecule has 3 amide bonds. The minimum Gasteiger partial charge on any atom is -0.393 e. The van der Waals surface area contributed by atoms with Crippen molar-refractivity contribution in [3.05, 3.63) is 82.2 Å². The largest absolute Gasteiger partial charge is 0.416 e. The molecule has 0 bridgehead atoms. The summed E-state index contributed by atoms with van der Waals surface area (Å²) in [6, 6.07) is 9.71. The second kappa shape index (κ2) is 9.81. The molecule has 8 nitrogen and oxygen atoms in total. The van der Waals surface area contributed by atoms with Crippen LogP contribution in [0, 0.1) is 16.7 Å². The van der Waals surface area contributed by atoms with E-state index in [0.717, 1.165) is 23.2 Å². The average molecular weight is 509 g/mol. The fraction of sp³-hybridized carbons (Fsp3) is 0.231. The van der Waals surface area contributed by atoms with Crippen LogP contribution in [0.2, 0.25) is 0 Å². The fourth-order valence-corrected chi connectivity index (χ4v) is 4.67. The molecular weight excluding hydrogens is 485 g/mol. The molecule has 2 heterocycles. The number of benzene rings is 2. The third kappa shape index (κ3) is 4.53. The van der Waals surface area contributed by atoms with Crippen LogP contribution in [0.25, 0.3) is 5.57 Å². The number of nitrogens with one attached hydrogen (secondary N) is 3. The van der Waals surface area contributed by atoms with Crippen molar-refractivity contribution >= 4 is 29.4 Å². The van der Waals surface area contributed by atoms with Crippen molar-refractivity contribution in [3.63, 3.8) is 0 Å². The maximum atomic E-state index is 13.7. The molecule has 0 aliphatic carbocycles. The van der Waals surface area contributed by atoms with Gasteiger partial charge in [0.15, 0.2) is 0 Å². The summed E-state index contributed by atoms with van der Waals surface area (Å²) in [6.07, 6.45) is -1.73. The van der Waals surface area contributed by atoms with E-state index < -0.39 is 29.7 Å². The van der Waals surface area contributed by atoms with Crippen LogP contribution in [0.15, 0.2) is 59.9 Å². The summed E-state index contributed by atoms with van der Waals surface area (Å²) in [6.45, 7) is 0.211. The minimum absolute atomic E-state index is 0.00244. The van der Waals surface area contributed by atoms with Crippen molar-refractivity contribution in [1.29, 1.82) is 10.7 Å². The molecule has 0 fully saturated rings. The normalized spacial score (nSPS) is 18.3. The number of nitriles is 1. The Balaban J connectivity index is 1.97. The van der Waals surface area contributed by atoms with Crippen LogP contribution in [-0.2, 0) is 11.0 Å². The zero-order chi connectivity index (χ0) is 26.9. The zero-order valence-corrected chi connectivity index (χ0v) is 20.0. The lowest BCUT2D eigenvalue weighted by Gasteiger charge is -2.44. The second-order valence-electron chi connectivity index (χ2n) is 8.49. The van der Waals surface area contributed by atoms with Crippen molar-refractivity contribution in [3.8, 4) is 6.07 Å². The molecule has 2 aromatic rings. The van der Waals surface area contributed by atoms with E-state index in [1.165, 1.54) is 24.1 Å².